The second kappa shape index (κ2) is 6.41. The number of fused-ring (bicyclic) bond motifs is 3. The van der Waals surface area contributed by atoms with Gasteiger partial charge in [-0.2, -0.15) is 13.9 Å². The van der Waals surface area contributed by atoms with E-state index in [-0.39, 0.29) is 10.4 Å². The molecule has 0 aromatic carbocycles. The van der Waals surface area contributed by atoms with E-state index < -0.39 is 23.5 Å². The van der Waals surface area contributed by atoms with Gasteiger partial charge in [0.1, 0.15) is 5.03 Å². The average molecular weight is 406 g/mol. The van der Waals surface area contributed by atoms with Crippen molar-refractivity contribution in [2.75, 3.05) is 5.32 Å². The third-order valence-electron chi connectivity index (χ3n) is 5.95. The van der Waals surface area contributed by atoms with Crippen molar-refractivity contribution in [2.24, 2.45) is 9.50 Å². The number of carbonyl (C=O) groups excluding carboxylic acids is 1. The first-order valence-corrected chi connectivity index (χ1v) is 10.6. The van der Waals surface area contributed by atoms with Gasteiger partial charge in [-0.3, -0.25) is 10.1 Å². The molecule has 10 heteroatoms. The van der Waals surface area contributed by atoms with E-state index >= 15 is 0 Å². The summed E-state index contributed by atoms with van der Waals surface area (Å²) < 4.78 is 29.8. The Morgan fingerprint density at radius 1 is 1.29 bits per heavy atom. The van der Waals surface area contributed by atoms with Crippen LogP contribution in [0, 0.1) is 0 Å². The number of nitrogens with one attached hydrogen (secondary N) is 1. The van der Waals surface area contributed by atoms with E-state index in [1.807, 2.05) is 0 Å². The van der Waals surface area contributed by atoms with Crippen molar-refractivity contribution >= 4 is 22.6 Å². The van der Waals surface area contributed by atoms with Crippen molar-refractivity contribution in [1.29, 1.82) is 0 Å². The van der Waals surface area contributed by atoms with Crippen LogP contribution in [0.15, 0.2) is 21.7 Å². The number of nitrogens with zero attached hydrogens (tertiary/aromatic N) is 4. The molecule has 148 valence electrons. The second-order valence-corrected chi connectivity index (χ2v) is 8.85. The fraction of sp³-hybridized carbons (Fsp3) is 0.500. The Bertz CT molecular complexity index is 1010. The highest BCUT2D eigenvalue weighted by Gasteiger charge is 2.51. The summed E-state index contributed by atoms with van der Waals surface area (Å²) in [6, 6.07) is 0.779. The predicted octanol–water partition coefficient (Wildman–Crippen LogP) is 3.41. The molecule has 0 radical (unpaired) electrons. The van der Waals surface area contributed by atoms with Crippen LogP contribution in [0.4, 0.5) is 19.3 Å². The second-order valence-electron chi connectivity index (χ2n) is 7.62. The van der Waals surface area contributed by atoms with Crippen molar-refractivity contribution in [2.45, 2.75) is 61.9 Å². The van der Waals surface area contributed by atoms with E-state index in [9.17, 15) is 13.6 Å². The number of pyridine rings is 1. The molecule has 2 heterocycles. The van der Waals surface area contributed by atoms with Crippen molar-refractivity contribution in [3.8, 4) is 0 Å². The number of carbonyl (C=O) groups is 1. The van der Waals surface area contributed by atoms with E-state index in [2.05, 4.69) is 14.8 Å². The summed E-state index contributed by atoms with van der Waals surface area (Å²) in [5.74, 6) is 0. The summed E-state index contributed by atoms with van der Waals surface area (Å²) in [5.41, 5.74) is 5.57. The molecular weight excluding hydrogens is 386 g/mol. The first kappa shape index (κ1) is 17.9. The molecule has 28 heavy (non-hydrogen) atoms. The number of halogens is 2. The van der Waals surface area contributed by atoms with Crippen LogP contribution in [0.25, 0.3) is 0 Å². The largest absolute Gasteiger partial charge is 0.352 e. The SMILES string of the molecule is N/S(=N\C(=O)Nc1c2c(nc3c1CCC31CC1)CCC2)c1ccn(C(F)F)n1. The maximum absolute atomic E-state index is 12.7. The summed E-state index contributed by atoms with van der Waals surface area (Å²) in [4.78, 5) is 17.5. The van der Waals surface area contributed by atoms with Crippen LogP contribution in [0.5, 0.6) is 0 Å². The Hall–Kier alpha value is -2.20. The molecule has 1 fully saturated rings. The predicted molar refractivity (Wildman–Crippen MR) is 100 cm³/mol. The van der Waals surface area contributed by atoms with E-state index in [0.29, 0.717) is 4.68 Å². The van der Waals surface area contributed by atoms with Crippen molar-refractivity contribution < 1.29 is 13.6 Å². The van der Waals surface area contributed by atoms with Gasteiger partial charge in [-0.15, -0.1) is 4.36 Å². The highest BCUT2D eigenvalue weighted by Crippen LogP contribution is 2.58. The molecular formula is C18H20F2N6OS. The number of rotatable bonds is 3. The number of hydrogen-bond donors (Lipinski definition) is 2. The summed E-state index contributed by atoms with van der Waals surface area (Å²) >= 11 is 0. The van der Waals surface area contributed by atoms with Gasteiger partial charge in [-0.1, -0.05) is 0 Å². The van der Waals surface area contributed by atoms with Gasteiger partial charge in [0.15, 0.2) is 0 Å². The number of hydrogen-bond acceptors (Lipinski definition) is 3. The molecule has 0 aliphatic heterocycles. The number of anilines is 1. The molecule has 0 bridgehead atoms. The standard InChI is InChI=1S/C18H20F2N6OS/c19-16(20)26-9-5-13(24-26)28(21)25-17(27)23-14-10-2-1-3-12(10)22-15-11(14)4-6-18(15)7-8-18/h5,9,16H,1-4,6-8H2,(H3,21,22,23,25,27). The molecule has 1 saturated carbocycles. The Balaban J connectivity index is 1.44. The minimum absolute atomic E-state index is 0.151. The molecule has 1 unspecified atom stereocenters. The Labute approximate surface area is 162 Å². The Morgan fingerprint density at radius 2 is 2.11 bits per heavy atom. The lowest BCUT2D eigenvalue weighted by atomic mass is 10.0. The van der Waals surface area contributed by atoms with Gasteiger partial charge in [0.25, 0.3) is 0 Å². The van der Waals surface area contributed by atoms with Crippen LogP contribution in [0.2, 0.25) is 0 Å². The summed E-state index contributed by atoms with van der Waals surface area (Å²) in [7, 11) is -1.40. The van der Waals surface area contributed by atoms with Gasteiger partial charge in [-0.05, 0) is 62.1 Å². The lowest BCUT2D eigenvalue weighted by Crippen LogP contribution is -2.16. The minimum atomic E-state index is -2.75. The normalized spacial score (nSPS) is 19.9. The first-order chi connectivity index (χ1) is 13.5. The summed E-state index contributed by atoms with van der Waals surface area (Å²) in [6.45, 7) is -2.75. The fourth-order valence-corrected chi connectivity index (χ4v) is 5.08. The molecule has 3 aliphatic carbocycles. The lowest BCUT2D eigenvalue weighted by molar-refractivity contribution is 0.0554. The molecule has 3 N–H and O–H groups in total. The molecule has 5 rings (SSSR count). The van der Waals surface area contributed by atoms with Crippen LogP contribution < -0.4 is 10.5 Å². The maximum Gasteiger partial charge on any atom is 0.352 e. The third-order valence-corrected chi connectivity index (χ3v) is 6.95. The summed E-state index contributed by atoms with van der Waals surface area (Å²) in [6.07, 6.45) is 8.33. The van der Waals surface area contributed by atoms with Gasteiger partial charge in [0.05, 0.1) is 11.4 Å². The number of nitrogens with two attached hydrogens (primary N) is 1. The molecule has 2 aromatic heterocycles. The molecule has 1 atom stereocenters. The minimum Gasteiger partial charge on any atom is -0.305 e. The van der Waals surface area contributed by atoms with Crippen LogP contribution >= 0.6 is 0 Å². The highest BCUT2D eigenvalue weighted by atomic mass is 32.2. The Kier molecular flexibility index (Phi) is 4.09. The van der Waals surface area contributed by atoms with Crippen LogP contribution in [0.3, 0.4) is 0 Å². The zero-order valence-corrected chi connectivity index (χ0v) is 15.9. The van der Waals surface area contributed by atoms with Gasteiger partial charge >= 0.3 is 12.6 Å². The van der Waals surface area contributed by atoms with Crippen LogP contribution in [0.1, 0.15) is 54.7 Å². The monoisotopic (exact) mass is 406 g/mol. The molecule has 0 saturated heterocycles. The molecule has 1 spiro atoms. The quantitative estimate of drug-likeness (QED) is 0.816. The van der Waals surface area contributed by atoms with Gasteiger partial charge < -0.3 is 5.32 Å². The molecule has 7 nitrogen and oxygen atoms in total. The van der Waals surface area contributed by atoms with Gasteiger partial charge in [0, 0.05) is 28.2 Å². The zero-order valence-electron chi connectivity index (χ0n) is 15.1. The fourth-order valence-electron chi connectivity index (χ4n) is 4.38. The third kappa shape index (κ3) is 2.86. The maximum atomic E-state index is 12.7. The number of urea groups is 1. The van der Waals surface area contributed by atoms with Crippen LogP contribution in [-0.4, -0.2) is 20.8 Å². The van der Waals surface area contributed by atoms with Crippen molar-refractivity contribution in [3.05, 3.63) is 34.8 Å². The van der Waals surface area contributed by atoms with Gasteiger partial charge in [-0.25, -0.2) is 9.48 Å². The topological polar surface area (TPSA) is 98.2 Å². The van der Waals surface area contributed by atoms with E-state index in [1.165, 1.54) is 18.9 Å². The summed E-state index contributed by atoms with van der Waals surface area (Å²) in [5, 5.41) is 12.7. The van der Waals surface area contributed by atoms with Crippen molar-refractivity contribution in [1.82, 2.24) is 14.8 Å². The Morgan fingerprint density at radius 3 is 2.82 bits per heavy atom. The van der Waals surface area contributed by atoms with Crippen LogP contribution in [-0.2, 0) is 35.6 Å². The number of amides is 2. The average Bonchev–Trinajstić information content (AvgIpc) is 3.05. The molecule has 3 aliphatic rings. The van der Waals surface area contributed by atoms with E-state index in [4.69, 9.17) is 10.1 Å². The van der Waals surface area contributed by atoms with Gasteiger partial charge in [0.2, 0.25) is 0 Å². The molecule has 2 aromatic rings. The van der Waals surface area contributed by atoms with E-state index in [1.54, 1.807) is 0 Å². The first-order valence-electron chi connectivity index (χ1n) is 9.37. The zero-order chi connectivity index (χ0) is 19.5. The smallest absolute Gasteiger partial charge is 0.305 e. The number of aromatic nitrogens is 3. The van der Waals surface area contributed by atoms with E-state index in [0.717, 1.165) is 66.5 Å². The lowest BCUT2D eigenvalue weighted by Gasteiger charge is -2.16. The molecule has 2 amide bonds. The number of alkyl halides is 2. The van der Waals surface area contributed by atoms with Crippen molar-refractivity contribution in [3.63, 3.8) is 0 Å². The number of aryl methyl sites for hydroxylation is 1. The highest BCUT2D eigenvalue weighted by molar-refractivity contribution is 7.85.